The van der Waals surface area contributed by atoms with Crippen molar-refractivity contribution in [3.05, 3.63) is 9.96 Å². The largest absolute Gasteiger partial charge is 3.00 e. The summed E-state index contributed by atoms with van der Waals surface area (Å²) in [6.45, 7) is 27.2. The van der Waals surface area contributed by atoms with E-state index in [1.54, 1.807) is 0 Å². The van der Waals surface area contributed by atoms with E-state index < -0.39 is 16.5 Å². The van der Waals surface area contributed by atoms with Crippen molar-refractivity contribution in [2.45, 2.75) is 91.3 Å². The maximum absolute atomic E-state index is 4.95. The van der Waals surface area contributed by atoms with Gasteiger partial charge in [-0.25, -0.2) is 0 Å². The molecule has 24 heavy (non-hydrogen) atoms. The van der Waals surface area contributed by atoms with Crippen molar-refractivity contribution in [1.82, 2.24) is 4.90 Å². The molecule has 0 aliphatic heterocycles. The summed E-state index contributed by atoms with van der Waals surface area (Å²) in [6, 6.07) is 0. The number of hydrogen-bond donors (Lipinski definition) is 0. The molecule has 0 saturated carbocycles. The van der Waals surface area contributed by atoms with Gasteiger partial charge in [0.05, 0.1) is 0 Å². The molecule has 0 aliphatic carbocycles. The quantitative estimate of drug-likeness (QED) is 0.367. The molecule has 148 valence electrons. The summed E-state index contributed by atoms with van der Waals surface area (Å²) in [7, 11) is 1.67. The first kappa shape index (κ1) is 29.6. The van der Waals surface area contributed by atoms with Gasteiger partial charge in [0, 0.05) is 0 Å². The van der Waals surface area contributed by atoms with Gasteiger partial charge in [0.2, 0.25) is 0 Å². The number of nitrogens with zero attached hydrogens (tertiary/aromatic N) is 3. The normalized spacial score (nSPS) is 13.2. The summed E-state index contributed by atoms with van der Waals surface area (Å²) >= 11 is 0. The van der Waals surface area contributed by atoms with Gasteiger partial charge in [-0.15, -0.1) is 12.1 Å². The maximum Gasteiger partial charge on any atom is 3.00 e. The molecule has 0 radical (unpaired) electrons. The minimum atomic E-state index is -1.42. The van der Waals surface area contributed by atoms with E-state index in [0.717, 1.165) is 13.1 Å². The molecule has 0 bridgehead atoms. The van der Waals surface area contributed by atoms with E-state index in [0.29, 0.717) is 5.04 Å². The van der Waals surface area contributed by atoms with E-state index in [9.17, 15) is 0 Å². The molecule has 0 amide bonds. The second kappa shape index (κ2) is 11.5. The fraction of sp³-hybridized carbons (Fsp3) is 1.00. The smallest absolute Gasteiger partial charge is 0.665 e. The topological polar surface area (TPSA) is 31.4 Å². The van der Waals surface area contributed by atoms with Crippen LogP contribution in [0.25, 0.3) is 9.96 Å². The predicted molar refractivity (Wildman–Crippen MR) is 115 cm³/mol. The Morgan fingerprint density at radius 2 is 1.25 bits per heavy atom. The molecule has 0 rings (SSSR count). The third kappa shape index (κ3) is 19.1. The summed E-state index contributed by atoms with van der Waals surface area (Å²) in [5.41, 5.74) is 0.128. The Bertz CT molecular complexity index is 314. The third-order valence-electron chi connectivity index (χ3n) is 3.80. The van der Waals surface area contributed by atoms with E-state index in [2.05, 4.69) is 98.3 Å². The van der Waals surface area contributed by atoms with Gasteiger partial charge in [0.15, 0.2) is 0 Å². The van der Waals surface area contributed by atoms with Crippen molar-refractivity contribution in [2.24, 2.45) is 0 Å². The fourth-order valence-electron chi connectivity index (χ4n) is 1.81. The summed E-state index contributed by atoms with van der Waals surface area (Å²) in [6.07, 6.45) is 1.21. The molecule has 0 aromatic carbocycles. The number of rotatable bonds is 6. The summed E-state index contributed by atoms with van der Waals surface area (Å²) in [5.74, 6) is 0. The predicted octanol–water partition coefficient (Wildman–Crippen LogP) is 6.31. The Morgan fingerprint density at radius 3 is 1.46 bits per heavy atom. The molecule has 0 unspecified atom stereocenters. The molecule has 0 aromatic heterocycles. The van der Waals surface area contributed by atoms with Crippen molar-refractivity contribution >= 4 is 16.5 Å². The first-order chi connectivity index (χ1) is 9.87. The molecule has 0 atom stereocenters. The van der Waals surface area contributed by atoms with Crippen LogP contribution in [0.1, 0.15) is 48.0 Å². The Labute approximate surface area is 166 Å². The average molecular weight is 419 g/mol. The van der Waals surface area contributed by atoms with E-state index in [1.165, 1.54) is 6.42 Å². The van der Waals surface area contributed by atoms with Crippen LogP contribution in [0.15, 0.2) is 0 Å². The SMILES string of the molecule is CC(C)(C)[N-][Si](C)(C)C(C)(C)C.CN(C)CCC[N-][Si](C)(C)C.[Co+3]. The van der Waals surface area contributed by atoms with Crippen LogP contribution in [-0.4, -0.2) is 54.1 Å². The van der Waals surface area contributed by atoms with Gasteiger partial charge in [0.1, 0.15) is 0 Å². The summed E-state index contributed by atoms with van der Waals surface area (Å²) in [5, 5.41) is 0.375. The van der Waals surface area contributed by atoms with Crippen LogP contribution in [0.3, 0.4) is 0 Å². The first-order valence-corrected chi connectivity index (χ1v) is 15.3. The van der Waals surface area contributed by atoms with Gasteiger partial charge in [-0.05, 0) is 20.6 Å². The van der Waals surface area contributed by atoms with Crippen molar-refractivity contribution in [3.8, 4) is 0 Å². The van der Waals surface area contributed by atoms with Crippen LogP contribution in [0.5, 0.6) is 0 Å². The van der Waals surface area contributed by atoms with E-state index in [4.69, 9.17) is 4.98 Å². The average Bonchev–Trinajstić information content (AvgIpc) is 2.18. The second-order valence-electron chi connectivity index (χ2n) is 10.3. The van der Waals surface area contributed by atoms with Crippen LogP contribution in [0.2, 0.25) is 37.8 Å². The van der Waals surface area contributed by atoms with Crippen molar-refractivity contribution in [1.29, 1.82) is 0 Å². The zero-order valence-electron chi connectivity index (χ0n) is 18.8. The van der Waals surface area contributed by atoms with Gasteiger partial charge in [-0.2, -0.15) is 0 Å². The Kier molecular flexibility index (Phi) is 14.2. The third-order valence-corrected chi connectivity index (χ3v) is 9.87. The molecule has 3 nitrogen and oxygen atoms in total. The Hall–Kier alpha value is 0.820. The molecule has 0 saturated heterocycles. The molecule has 0 N–H and O–H groups in total. The maximum atomic E-state index is 4.95. The molecule has 0 aliphatic rings. The molecule has 0 heterocycles. The van der Waals surface area contributed by atoms with Crippen molar-refractivity contribution < 1.29 is 16.8 Å². The molecule has 6 heteroatoms. The van der Waals surface area contributed by atoms with Crippen LogP contribution in [0.4, 0.5) is 0 Å². The van der Waals surface area contributed by atoms with Gasteiger partial charge in [0.25, 0.3) is 0 Å². The van der Waals surface area contributed by atoms with Crippen LogP contribution < -0.4 is 0 Å². The van der Waals surface area contributed by atoms with Crippen molar-refractivity contribution in [3.63, 3.8) is 0 Å². The zero-order valence-corrected chi connectivity index (χ0v) is 21.8. The van der Waals surface area contributed by atoms with Crippen LogP contribution in [0, 0.1) is 0 Å². The molecular weight excluding hydrogens is 373 g/mol. The van der Waals surface area contributed by atoms with E-state index >= 15 is 0 Å². The molecular formula is C18H45CoN3Si2+. The minimum absolute atomic E-state index is 0. The first-order valence-electron chi connectivity index (χ1n) is 8.95. The number of hydrogen-bond acceptors (Lipinski definition) is 1. The fourth-order valence-corrected chi connectivity index (χ4v) is 4.65. The van der Waals surface area contributed by atoms with Crippen LogP contribution in [-0.2, 0) is 16.8 Å². The minimum Gasteiger partial charge on any atom is -0.665 e. The van der Waals surface area contributed by atoms with Crippen LogP contribution >= 0.6 is 0 Å². The Balaban J connectivity index is -0.000000354. The molecule has 0 spiro atoms. The molecule has 0 aromatic rings. The second-order valence-corrected chi connectivity index (χ2v) is 19.8. The Morgan fingerprint density at radius 1 is 0.833 bits per heavy atom. The van der Waals surface area contributed by atoms with Gasteiger partial charge >= 0.3 is 16.8 Å². The van der Waals surface area contributed by atoms with Crippen molar-refractivity contribution in [2.75, 3.05) is 27.2 Å². The van der Waals surface area contributed by atoms with Gasteiger partial charge in [-0.1, -0.05) is 102 Å². The van der Waals surface area contributed by atoms with E-state index in [-0.39, 0.29) is 22.3 Å². The summed E-state index contributed by atoms with van der Waals surface area (Å²) < 4.78 is 0. The monoisotopic (exact) mass is 418 g/mol. The molecule has 0 fully saturated rings. The van der Waals surface area contributed by atoms with Gasteiger partial charge in [-0.3, -0.25) is 0 Å². The summed E-state index contributed by atoms with van der Waals surface area (Å²) in [4.78, 5) is 11.8. The van der Waals surface area contributed by atoms with E-state index in [1.807, 2.05) is 0 Å². The standard InChI is InChI=1S/C10H24NSi.C8H21N2Si.Co/c1-9(2,3)11-12(7,8)10(4,5)6;1-10(2)8-6-7-9-11(3,4)5;/h1-8H3;6-8H2,1-5H3;/q2*-1;+3. The zero-order chi connectivity index (χ0) is 19.1. The van der Waals surface area contributed by atoms with Gasteiger partial charge < -0.3 is 14.9 Å².